The number of aryl methyl sites for hydroxylation is 1. The molecule has 2 aromatic heterocycles. The van der Waals surface area contributed by atoms with E-state index in [1.54, 1.807) is 6.07 Å². The van der Waals surface area contributed by atoms with Gasteiger partial charge in [0.1, 0.15) is 0 Å². The van der Waals surface area contributed by atoms with E-state index in [2.05, 4.69) is 32.7 Å². The van der Waals surface area contributed by atoms with Crippen LogP contribution in [0.2, 0.25) is 0 Å². The lowest BCUT2D eigenvalue weighted by Crippen LogP contribution is -2.27. The van der Waals surface area contributed by atoms with Crippen molar-refractivity contribution in [3.05, 3.63) is 63.3 Å². The van der Waals surface area contributed by atoms with Gasteiger partial charge in [-0.25, -0.2) is 0 Å². The molecule has 126 valence electrons. The Bertz CT molecular complexity index is 792. The maximum atomic E-state index is 12.3. The zero-order valence-electron chi connectivity index (χ0n) is 14.4. The molecular weight excluding hydrogens is 298 g/mol. The number of pyridine rings is 2. The van der Waals surface area contributed by atoms with Crippen molar-refractivity contribution >= 4 is 0 Å². The average molecular weight is 323 g/mol. The largest absolute Gasteiger partial charge is 0.312 e. The van der Waals surface area contributed by atoms with Crippen molar-refractivity contribution in [2.45, 2.75) is 45.7 Å². The first kappa shape index (κ1) is 15.6. The third-order valence-electron chi connectivity index (χ3n) is 5.22. The molecule has 3 heterocycles. The van der Waals surface area contributed by atoms with Crippen molar-refractivity contribution in [1.29, 1.82) is 0 Å². The van der Waals surface area contributed by atoms with Gasteiger partial charge < -0.3 is 4.57 Å². The van der Waals surface area contributed by atoms with E-state index < -0.39 is 0 Å². The lowest BCUT2D eigenvalue weighted by molar-refractivity contribution is 0.274. The topological polar surface area (TPSA) is 38.1 Å². The van der Waals surface area contributed by atoms with E-state index in [1.165, 1.54) is 24.1 Å². The van der Waals surface area contributed by atoms with Gasteiger partial charge in [-0.1, -0.05) is 12.1 Å². The molecule has 0 N–H and O–H groups in total. The number of nitrogens with zero attached hydrogens (tertiary/aromatic N) is 3. The Morgan fingerprint density at radius 2 is 1.96 bits per heavy atom. The average Bonchev–Trinajstić information content (AvgIpc) is 3.38. The van der Waals surface area contributed by atoms with Crippen molar-refractivity contribution in [2.75, 3.05) is 13.1 Å². The summed E-state index contributed by atoms with van der Waals surface area (Å²) < 4.78 is 2.06. The highest BCUT2D eigenvalue weighted by Gasteiger charge is 2.25. The van der Waals surface area contributed by atoms with E-state index in [0.29, 0.717) is 0 Å². The smallest absolute Gasteiger partial charge is 0.250 e. The lowest BCUT2D eigenvalue weighted by atomic mass is 10.1. The second-order valence-electron chi connectivity index (χ2n) is 7.24. The summed E-state index contributed by atoms with van der Waals surface area (Å²) in [6.07, 6.45) is 4.54. The van der Waals surface area contributed by atoms with Crippen LogP contribution in [0.3, 0.4) is 0 Å². The van der Waals surface area contributed by atoms with Crippen LogP contribution in [0.25, 0.3) is 0 Å². The van der Waals surface area contributed by atoms with Gasteiger partial charge >= 0.3 is 0 Å². The number of hydrogen-bond acceptors (Lipinski definition) is 3. The van der Waals surface area contributed by atoms with Crippen LogP contribution in [-0.2, 0) is 25.9 Å². The van der Waals surface area contributed by atoms with Crippen molar-refractivity contribution in [1.82, 2.24) is 14.5 Å². The van der Waals surface area contributed by atoms with Crippen molar-refractivity contribution < 1.29 is 0 Å². The highest BCUT2D eigenvalue weighted by molar-refractivity contribution is 5.24. The first-order valence-electron chi connectivity index (χ1n) is 9.05. The zero-order valence-corrected chi connectivity index (χ0v) is 14.4. The molecule has 2 aromatic rings. The Balaban J connectivity index is 1.52. The normalized spacial score (nSPS) is 18.2. The Morgan fingerprint density at radius 1 is 1.12 bits per heavy atom. The molecule has 4 nitrogen and oxygen atoms in total. The quantitative estimate of drug-likeness (QED) is 0.868. The Hall–Kier alpha value is -1.94. The van der Waals surface area contributed by atoms with Crippen LogP contribution in [0.4, 0.5) is 0 Å². The molecular formula is C20H25N3O. The molecule has 0 bridgehead atoms. The van der Waals surface area contributed by atoms with Gasteiger partial charge in [-0.2, -0.15) is 0 Å². The highest BCUT2D eigenvalue weighted by atomic mass is 16.1. The molecule has 2 aliphatic rings. The van der Waals surface area contributed by atoms with E-state index in [0.717, 1.165) is 56.3 Å². The molecule has 0 saturated heterocycles. The second-order valence-corrected chi connectivity index (χ2v) is 7.24. The summed E-state index contributed by atoms with van der Waals surface area (Å²) in [5.74, 6) is 0.727. The van der Waals surface area contributed by atoms with Crippen LogP contribution in [-0.4, -0.2) is 27.5 Å². The first-order chi connectivity index (χ1) is 11.7. The van der Waals surface area contributed by atoms with Crippen molar-refractivity contribution in [3.8, 4) is 0 Å². The van der Waals surface area contributed by atoms with Crippen LogP contribution >= 0.6 is 0 Å². The summed E-state index contributed by atoms with van der Waals surface area (Å²) in [6, 6.07) is 10.0. The van der Waals surface area contributed by atoms with Gasteiger partial charge in [0.25, 0.3) is 5.56 Å². The molecule has 0 amide bonds. The fourth-order valence-electron chi connectivity index (χ4n) is 3.68. The molecule has 1 fully saturated rings. The predicted molar refractivity (Wildman–Crippen MR) is 95.1 cm³/mol. The molecule has 0 spiro atoms. The monoisotopic (exact) mass is 323 g/mol. The SMILES string of the molecule is Cc1cccc(CN2CCc3ccc(=O)n(CC4CC4)c3CC2)n1. The lowest BCUT2D eigenvalue weighted by Gasteiger charge is -2.19. The van der Waals surface area contributed by atoms with Crippen LogP contribution in [0.15, 0.2) is 35.1 Å². The van der Waals surface area contributed by atoms with Crippen LogP contribution in [0, 0.1) is 12.8 Å². The molecule has 0 radical (unpaired) electrons. The van der Waals surface area contributed by atoms with Gasteiger partial charge in [-0.15, -0.1) is 0 Å². The molecule has 1 aliphatic carbocycles. The molecule has 1 aliphatic heterocycles. The number of rotatable bonds is 4. The molecule has 0 unspecified atom stereocenters. The van der Waals surface area contributed by atoms with Gasteiger partial charge in [0.2, 0.25) is 0 Å². The molecule has 24 heavy (non-hydrogen) atoms. The Morgan fingerprint density at radius 3 is 2.75 bits per heavy atom. The minimum atomic E-state index is 0.175. The summed E-state index contributed by atoms with van der Waals surface area (Å²) in [5, 5.41) is 0. The molecule has 4 rings (SSSR count). The predicted octanol–water partition coefficient (Wildman–Crippen LogP) is 2.56. The summed E-state index contributed by atoms with van der Waals surface area (Å²) in [7, 11) is 0. The zero-order chi connectivity index (χ0) is 16.5. The molecule has 4 heteroatoms. The van der Waals surface area contributed by atoms with Gasteiger partial charge in [0.15, 0.2) is 0 Å². The van der Waals surface area contributed by atoms with Crippen LogP contribution < -0.4 is 5.56 Å². The number of hydrogen-bond donors (Lipinski definition) is 0. The standard InChI is InChI=1S/C20H25N3O/c1-15-3-2-4-18(21-15)14-22-11-9-17-7-8-20(24)23(13-16-5-6-16)19(17)10-12-22/h2-4,7-8,16H,5-6,9-14H2,1H3. The van der Waals surface area contributed by atoms with Crippen molar-refractivity contribution in [3.63, 3.8) is 0 Å². The number of fused-ring (bicyclic) bond motifs is 1. The summed E-state index contributed by atoms with van der Waals surface area (Å²) >= 11 is 0. The maximum absolute atomic E-state index is 12.3. The highest BCUT2D eigenvalue weighted by Crippen LogP contribution is 2.31. The van der Waals surface area contributed by atoms with E-state index in [-0.39, 0.29) is 5.56 Å². The molecule has 0 aromatic carbocycles. The Kier molecular flexibility index (Phi) is 4.23. The molecule has 1 saturated carbocycles. The minimum Gasteiger partial charge on any atom is -0.312 e. The molecule has 0 atom stereocenters. The van der Waals surface area contributed by atoms with Crippen LogP contribution in [0.1, 0.15) is 35.5 Å². The van der Waals surface area contributed by atoms with Gasteiger partial charge in [0.05, 0.1) is 5.69 Å². The van der Waals surface area contributed by atoms with Gasteiger partial charge in [-0.05, 0) is 49.8 Å². The number of aromatic nitrogens is 2. The van der Waals surface area contributed by atoms with Gasteiger partial charge in [0, 0.05) is 50.1 Å². The maximum Gasteiger partial charge on any atom is 0.250 e. The van der Waals surface area contributed by atoms with Gasteiger partial charge in [-0.3, -0.25) is 14.7 Å². The Labute approximate surface area is 143 Å². The minimum absolute atomic E-state index is 0.175. The third kappa shape index (κ3) is 3.44. The van der Waals surface area contributed by atoms with Crippen LogP contribution in [0.5, 0.6) is 0 Å². The summed E-state index contributed by atoms with van der Waals surface area (Å²) in [4.78, 5) is 19.4. The van der Waals surface area contributed by atoms with E-state index in [4.69, 9.17) is 0 Å². The van der Waals surface area contributed by atoms with Crippen molar-refractivity contribution in [2.24, 2.45) is 5.92 Å². The third-order valence-corrected chi connectivity index (χ3v) is 5.22. The summed E-state index contributed by atoms with van der Waals surface area (Å²) in [6.45, 7) is 5.88. The fraction of sp³-hybridized carbons (Fsp3) is 0.500. The fourth-order valence-corrected chi connectivity index (χ4v) is 3.68. The van der Waals surface area contributed by atoms with E-state index in [9.17, 15) is 4.79 Å². The van der Waals surface area contributed by atoms with E-state index >= 15 is 0 Å². The second kappa shape index (κ2) is 6.52. The van der Waals surface area contributed by atoms with E-state index in [1.807, 2.05) is 13.0 Å². The first-order valence-corrected chi connectivity index (χ1v) is 9.05. The summed E-state index contributed by atoms with van der Waals surface area (Å²) in [5.41, 5.74) is 5.01.